The molecule has 1 fully saturated rings. The van der Waals surface area contributed by atoms with Gasteiger partial charge in [-0.05, 0) is 13.8 Å². The SMILES string of the molecule is CC1CN(C(=O)c2[nH]ncc2N)C(C)CO1. The lowest BCUT2D eigenvalue weighted by molar-refractivity contribution is -0.0388. The first-order valence-corrected chi connectivity index (χ1v) is 5.31. The Balaban J connectivity index is 2.18. The third kappa shape index (κ3) is 1.88. The van der Waals surface area contributed by atoms with Crippen molar-refractivity contribution in [2.75, 3.05) is 18.9 Å². The molecule has 2 heterocycles. The number of anilines is 1. The van der Waals surface area contributed by atoms with Crippen LogP contribution in [-0.4, -0.2) is 46.3 Å². The minimum atomic E-state index is -0.113. The Morgan fingerprint density at radius 3 is 3.06 bits per heavy atom. The summed E-state index contributed by atoms with van der Waals surface area (Å²) in [6.07, 6.45) is 1.51. The molecule has 1 saturated heterocycles. The fourth-order valence-corrected chi connectivity index (χ4v) is 1.80. The number of H-pyrrole nitrogens is 1. The summed E-state index contributed by atoms with van der Waals surface area (Å²) in [5, 5.41) is 6.38. The molecule has 1 aromatic rings. The molecule has 0 spiro atoms. The molecule has 2 rings (SSSR count). The van der Waals surface area contributed by atoms with Crippen molar-refractivity contribution in [1.82, 2.24) is 15.1 Å². The number of amides is 1. The normalized spacial score (nSPS) is 25.8. The molecule has 0 bridgehead atoms. The van der Waals surface area contributed by atoms with Crippen molar-refractivity contribution in [2.24, 2.45) is 0 Å². The van der Waals surface area contributed by atoms with Crippen LogP contribution in [0.25, 0.3) is 0 Å². The number of nitrogens with zero attached hydrogens (tertiary/aromatic N) is 2. The Kier molecular flexibility index (Phi) is 2.82. The van der Waals surface area contributed by atoms with Gasteiger partial charge >= 0.3 is 0 Å². The van der Waals surface area contributed by atoms with Gasteiger partial charge in [0.2, 0.25) is 0 Å². The van der Waals surface area contributed by atoms with Gasteiger partial charge in [0.1, 0.15) is 5.69 Å². The van der Waals surface area contributed by atoms with Crippen LogP contribution < -0.4 is 5.73 Å². The van der Waals surface area contributed by atoms with Crippen LogP contribution in [0.15, 0.2) is 6.20 Å². The minimum absolute atomic E-state index is 0.0595. The highest BCUT2D eigenvalue weighted by Gasteiger charge is 2.29. The zero-order valence-corrected chi connectivity index (χ0v) is 9.43. The Bertz CT molecular complexity index is 390. The number of ether oxygens (including phenoxy) is 1. The van der Waals surface area contributed by atoms with E-state index in [-0.39, 0.29) is 18.1 Å². The summed E-state index contributed by atoms with van der Waals surface area (Å²) in [7, 11) is 0. The molecule has 2 unspecified atom stereocenters. The van der Waals surface area contributed by atoms with Crippen LogP contribution in [0.1, 0.15) is 24.3 Å². The minimum Gasteiger partial charge on any atom is -0.396 e. The molecule has 1 aliphatic heterocycles. The highest BCUT2D eigenvalue weighted by molar-refractivity contribution is 5.97. The summed E-state index contributed by atoms with van der Waals surface area (Å²) in [4.78, 5) is 13.9. The summed E-state index contributed by atoms with van der Waals surface area (Å²) in [5.74, 6) is -0.113. The Morgan fingerprint density at radius 2 is 2.44 bits per heavy atom. The van der Waals surface area contributed by atoms with E-state index in [1.165, 1.54) is 6.20 Å². The summed E-state index contributed by atoms with van der Waals surface area (Å²) < 4.78 is 5.47. The number of aromatic amines is 1. The standard InChI is InChI=1S/C10H16N4O2/c1-6-5-16-7(2)4-14(6)10(15)9-8(11)3-12-13-9/h3,6-7H,4-5,11H2,1-2H3,(H,12,13). The van der Waals surface area contributed by atoms with Gasteiger partial charge in [-0.25, -0.2) is 0 Å². The zero-order valence-electron chi connectivity index (χ0n) is 9.43. The molecule has 0 saturated carbocycles. The summed E-state index contributed by atoms with van der Waals surface area (Å²) in [6.45, 7) is 5.04. The maximum atomic E-state index is 12.2. The van der Waals surface area contributed by atoms with Gasteiger partial charge in [0.05, 0.1) is 30.6 Å². The molecule has 1 amide bonds. The van der Waals surface area contributed by atoms with Gasteiger partial charge in [0.15, 0.2) is 0 Å². The lowest BCUT2D eigenvalue weighted by Crippen LogP contribution is -2.50. The van der Waals surface area contributed by atoms with Crippen molar-refractivity contribution < 1.29 is 9.53 Å². The van der Waals surface area contributed by atoms with Crippen LogP contribution in [0.2, 0.25) is 0 Å². The van der Waals surface area contributed by atoms with E-state index in [0.29, 0.717) is 24.5 Å². The first kappa shape index (κ1) is 10.9. The van der Waals surface area contributed by atoms with Gasteiger partial charge < -0.3 is 15.4 Å². The van der Waals surface area contributed by atoms with Crippen LogP contribution in [0.4, 0.5) is 5.69 Å². The fraction of sp³-hybridized carbons (Fsp3) is 0.600. The van der Waals surface area contributed by atoms with Crippen LogP contribution in [0.3, 0.4) is 0 Å². The average molecular weight is 224 g/mol. The number of nitrogens with one attached hydrogen (secondary N) is 1. The van der Waals surface area contributed by atoms with Crippen molar-refractivity contribution in [3.8, 4) is 0 Å². The van der Waals surface area contributed by atoms with Crippen LogP contribution >= 0.6 is 0 Å². The van der Waals surface area contributed by atoms with E-state index in [1.807, 2.05) is 13.8 Å². The molecule has 3 N–H and O–H groups in total. The molecule has 0 aromatic carbocycles. The predicted octanol–water partition coefficient (Wildman–Crippen LogP) is 0.241. The topological polar surface area (TPSA) is 84.2 Å². The number of nitrogen functional groups attached to an aromatic ring is 1. The number of morpholine rings is 1. The first-order valence-electron chi connectivity index (χ1n) is 5.31. The van der Waals surface area contributed by atoms with E-state index in [9.17, 15) is 4.79 Å². The molecular formula is C10H16N4O2. The van der Waals surface area contributed by atoms with Crippen molar-refractivity contribution in [3.05, 3.63) is 11.9 Å². The summed E-state index contributed by atoms with van der Waals surface area (Å²) in [6, 6.07) is 0.0615. The highest BCUT2D eigenvalue weighted by Crippen LogP contribution is 2.17. The second-order valence-electron chi connectivity index (χ2n) is 4.15. The molecule has 0 aliphatic carbocycles. The van der Waals surface area contributed by atoms with Crippen molar-refractivity contribution in [2.45, 2.75) is 26.0 Å². The van der Waals surface area contributed by atoms with Gasteiger partial charge in [-0.3, -0.25) is 9.89 Å². The van der Waals surface area contributed by atoms with Crippen molar-refractivity contribution >= 4 is 11.6 Å². The first-order chi connectivity index (χ1) is 7.59. The molecule has 88 valence electrons. The van der Waals surface area contributed by atoms with Gasteiger partial charge in [0.25, 0.3) is 5.91 Å². The number of nitrogens with two attached hydrogens (primary N) is 1. The second-order valence-corrected chi connectivity index (χ2v) is 4.15. The van der Waals surface area contributed by atoms with Gasteiger partial charge in [-0.2, -0.15) is 5.10 Å². The Labute approximate surface area is 93.8 Å². The number of aromatic nitrogens is 2. The number of carbonyl (C=O) groups is 1. The molecule has 0 radical (unpaired) electrons. The number of carbonyl (C=O) groups excluding carboxylic acids is 1. The predicted molar refractivity (Wildman–Crippen MR) is 58.9 cm³/mol. The van der Waals surface area contributed by atoms with Crippen molar-refractivity contribution in [3.63, 3.8) is 0 Å². The summed E-state index contributed by atoms with van der Waals surface area (Å²) >= 11 is 0. The van der Waals surface area contributed by atoms with Crippen LogP contribution in [0, 0.1) is 0 Å². The van der Waals surface area contributed by atoms with Crippen molar-refractivity contribution in [1.29, 1.82) is 0 Å². The quantitative estimate of drug-likeness (QED) is 0.715. The van der Waals surface area contributed by atoms with Gasteiger partial charge in [-0.15, -0.1) is 0 Å². The van der Waals surface area contributed by atoms with E-state index < -0.39 is 0 Å². The van der Waals surface area contributed by atoms with Gasteiger partial charge in [-0.1, -0.05) is 0 Å². The lowest BCUT2D eigenvalue weighted by atomic mass is 10.2. The molecule has 2 atom stereocenters. The Morgan fingerprint density at radius 1 is 1.69 bits per heavy atom. The largest absolute Gasteiger partial charge is 0.396 e. The van der Waals surface area contributed by atoms with E-state index in [2.05, 4.69) is 10.2 Å². The molecule has 1 aliphatic rings. The number of hydrogen-bond acceptors (Lipinski definition) is 4. The average Bonchev–Trinajstić information content (AvgIpc) is 2.67. The van der Waals surface area contributed by atoms with E-state index in [4.69, 9.17) is 10.5 Å². The Hall–Kier alpha value is -1.56. The van der Waals surface area contributed by atoms with Crippen LogP contribution in [-0.2, 0) is 4.74 Å². The fourth-order valence-electron chi connectivity index (χ4n) is 1.80. The second kappa shape index (κ2) is 4.13. The molecular weight excluding hydrogens is 208 g/mol. The van der Waals surface area contributed by atoms with E-state index in [1.54, 1.807) is 4.90 Å². The summed E-state index contributed by atoms with van der Waals surface area (Å²) in [5.41, 5.74) is 6.40. The third-order valence-corrected chi connectivity index (χ3v) is 2.75. The van der Waals surface area contributed by atoms with Crippen LogP contribution in [0.5, 0.6) is 0 Å². The number of rotatable bonds is 1. The van der Waals surface area contributed by atoms with E-state index in [0.717, 1.165) is 0 Å². The number of hydrogen-bond donors (Lipinski definition) is 2. The zero-order chi connectivity index (χ0) is 11.7. The third-order valence-electron chi connectivity index (χ3n) is 2.75. The molecule has 1 aromatic heterocycles. The molecule has 16 heavy (non-hydrogen) atoms. The van der Waals surface area contributed by atoms with E-state index >= 15 is 0 Å². The smallest absolute Gasteiger partial charge is 0.274 e. The lowest BCUT2D eigenvalue weighted by Gasteiger charge is -2.36. The highest BCUT2D eigenvalue weighted by atomic mass is 16.5. The molecule has 6 heteroatoms. The maximum absolute atomic E-state index is 12.2. The maximum Gasteiger partial charge on any atom is 0.274 e. The van der Waals surface area contributed by atoms with Gasteiger partial charge in [0, 0.05) is 6.54 Å². The monoisotopic (exact) mass is 224 g/mol. The molecule has 6 nitrogen and oxygen atoms in total.